The summed E-state index contributed by atoms with van der Waals surface area (Å²) in [5.74, 6) is -1.97. The summed E-state index contributed by atoms with van der Waals surface area (Å²) in [6, 6.07) is 8.32. The molecule has 26 heavy (non-hydrogen) atoms. The summed E-state index contributed by atoms with van der Waals surface area (Å²) in [6.45, 7) is 1.35. The van der Waals surface area contributed by atoms with Gasteiger partial charge < -0.3 is 9.47 Å². The highest BCUT2D eigenvalue weighted by Gasteiger charge is 2.23. The first-order valence-electron chi connectivity index (χ1n) is 7.35. The van der Waals surface area contributed by atoms with E-state index in [1.807, 2.05) is 0 Å². The molecule has 138 valence electrons. The summed E-state index contributed by atoms with van der Waals surface area (Å²) in [5, 5.41) is 5.10. The fourth-order valence-corrected chi connectivity index (χ4v) is 2.88. The molecule has 1 atom stereocenters. The topological polar surface area (TPSA) is 113 Å². The Labute approximate surface area is 149 Å². The molecule has 1 unspecified atom stereocenters. The lowest BCUT2D eigenvalue weighted by Crippen LogP contribution is -2.24. The van der Waals surface area contributed by atoms with Crippen LogP contribution < -0.4 is 9.88 Å². The van der Waals surface area contributed by atoms with Crippen LogP contribution in [0.2, 0.25) is 0 Å². The predicted molar refractivity (Wildman–Crippen MR) is 90.0 cm³/mol. The number of benzene rings is 2. The second kappa shape index (κ2) is 7.63. The molecule has 0 aliphatic heterocycles. The molecule has 2 rings (SSSR count). The number of esters is 1. The minimum absolute atomic E-state index is 0.0283. The highest BCUT2D eigenvalue weighted by atomic mass is 32.2. The Morgan fingerprint density at radius 2 is 1.65 bits per heavy atom. The van der Waals surface area contributed by atoms with Crippen LogP contribution in [0, 0.1) is 5.82 Å². The van der Waals surface area contributed by atoms with Gasteiger partial charge in [-0.05, 0) is 49.4 Å². The van der Waals surface area contributed by atoms with Crippen molar-refractivity contribution < 1.29 is 31.9 Å². The molecule has 0 amide bonds. The van der Waals surface area contributed by atoms with E-state index < -0.39 is 33.7 Å². The summed E-state index contributed by atoms with van der Waals surface area (Å²) in [6.07, 6.45) is -1.16. The molecule has 9 heteroatoms. The number of primary sulfonamides is 1. The molecule has 0 aliphatic carbocycles. The number of ketones is 1. The van der Waals surface area contributed by atoms with Gasteiger partial charge in [-0.25, -0.2) is 22.7 Å². The molecular weight excluding hydrogens is 365 g/mol. The number of nitrogens with two attached hydrogens (primary N) is 1. The fourth-order valence-electron chi connectivity index (χ4n) is 2.16. The molecule has 0 aliphatic rings. The third-order valence-corrected chi connectivity index (χ3v) is 4.42. The van der Waals surface area contributed by atoms with Crippen LogP contribution in [0.3, 0.4) is 0 Å². The summed E-state index contributed by atoms with van der Waals surface area (Å²) >= 11 is 0. The third-order valence-electron chi connectivity index (χ3n) is 3.49. The maximum atomic E-state index is 12.9. The smallest absolute Gasteiger partial charge is 0.338 e. The van der Waals surface area contributed by atoms with Gasteiger partial charge in [-0.1, -0.05) is 0 Å². The van der Waals surface area contributed by atoms with Crippen molar-refractivity contribution >= 4 is 21.8 Å². The zero-order valence-corrected chi connectivity index (χ0v) is 14.7. The number of methoxy groups -OCH3 is 1. The van der Waals surface area contributed by atoms with Crippen molar-refractivity contribution in [2.75, 3.05) is 7.11 Å². The molecule has 0 fully saturated rings. The molecule has 0 spiro atoms. The standard InChI is InChI=1S/C17H16FNO6S/c1-10(16(20)11-3-6-13(18)7-4-11)25-17(21)12-5-8-14(24-2)15(9-12)26(19,22)23/h3-10H,1-2H3,(H2,19,22,23). The lowest BCUT2D eigenvalue weighted by molar-refractivity contribution is 0.0318. The Balaban J connectivity index is 2.21. The number of carbonyl (C=O) groups excluding carboxylic acids is 2. The van der Waals surface area contributed by atoms with Crippen LogP contribution in [0.15, 0.2) is 47.4 Å². The Morgan fingerprint density at radius 3 is 2.19 bits per heavy atom. The lowest BCUT2D eigenvalue weighted by Gasteiger charge is -2.13. The van der Waals surface area contributed by atoms with Crippen LogP contribution in [0.5, 0.6) is 5.75 Å². The first-order chi connectivity index (χ1) is 12.1. The SMILES string of the molecule is COc1ccc(C(=O)OC(C)C(=O)c2ccc(F)cc2)cc1S(N)(=O)=O. The van der Waals surface area contributed by atoms with E-state index in [1.165, 1.54) is 38.3 Å². The van der Waals surface area contributed by atoms with E-state index >= 15 is 0 Å². The van der Waals surface area contributed by atoms with Crippen LogP contribution in [-0.2, 0) is 14.8 Å². The van der Waals surface area contributed by atoms with Gasteiger partial charge in [0.25, 0.3) is 0 Å². The van der Waals surface area contributed by atoms with Crippen LogP contribution >= 0.6 is 0 Å². The van der Waals surface area contributed by atoms with Gasteiger partial charge in [-0.3, -0.25) is 4.79 Å². The van der Waals surface area contributed by atoms with Crippen molar-refractivity contribution in [1.82, 2.24) is 0 Å². The number of rotatable bonds is 6. The number of ether oxygens (including phenoxy) is 2. The van der Waals surface area contributed by atoms with Gasteiger partial charge in [-0.2, -0.15) is 0 Å². The van der Waals surface area contributed by atoms with E-state index in [0.29, 0.717) is 0 Å². The first-order valence-corrected chi connectivity index (χ1v) is 8.89. The molecule has 0 heterocycles. The number of halogens is 1. The minimum Gasteiger partial charge on any atom is -0.495 e. The second-order valence-corrected chi connectivity index (χ2v) is 6.86. The summed E-state index contributed by atoms with van der Waals surface area (Å²) in [4.78, 5) is 24.0. The summed E-state index contributed by atoms with van der Waals surface area (Å²) < 4.78 is 46.1. The third kappa shape index (κ3) is 4.44. The van der Waals surface area contributed by atoms with E-state index in [-0.39, 0.29) is 21.8 Å². The maximum absolute atomic E-state index is 12.9. The normalized spacial score (nSPS) is 12.3. The van der Waals surface area contributed by atoms with Crippen molar-refractivity contribution in [1.29, 1.82) is 0 Å². The molecule has 7 nitrogen and oxygen atoms in total. The maximum Gasteiger partial charge on any atom is 0.338 e. The van der Waals surface area contributed by atoms with E-state index in [1.54, 1.807) is 0 Å². The van der Waals surface area contributed by atoms with Crippen molar-refractivity contribution in [3.05, 3.63) is 59.4 Å². The Kier molecular flexibility index (Phi) is 5.73. The van der Waals surface area contributed by atoms with Gasteiger partial charge in [-0.15, -0.1) is 0 Å². The highest BCUT2D eigenvalue weighted by molar-refractivity contribution is 7.89. The van der Waals surface area contributed by atoms with Crippen molar-refractivity contribution in [3.63, 3.8) is 0 Å². The van der Waals surface area contributed by atoms with Crippen LogP contribution in [0.25, 0.3) is 0 Å². The fraction of sp³-hybridized carbons (Fsp3) is 0.176. The van der Waals surface area contributed by atoms with Gasteiger partial charge >= 0.3 is 5.97 Å². The van der Waals surface area contributed by atoms with E-state index in [0.717, 1.165) is 18.2 Å². The predicted octanol–water partition coefficient (Wildman–Crippen LogP) is 1.91. The van der Waals surface area contributed by atoms with Crippen LogP contribution in [0.4, 0.5) is 4.39 Å². The highest BCUT2D eigenvalue weighted by Crippen LogP contribution is 2.24. The van der Waals surface area contributed by atoms with Gasteiger partial charge in [0.05, 0.1) is 12.7 Å². The largest absolute Gasteiger partial charge is 0.495 e. The van der Waals surface area contributed by atoms with E-state index in [2.05, 4.69) is 0 Å². The molecule has 2 N–H and O–H groups in total. The number of hydrogen-bond acceptors (Lipinski definition) is 6. The number of sulfonamides is 1. The number of carbonyl (C=O) groups is 2. The Morgan fingerprint density at radius 1 is 1.08 bits per heavy atom. The van der Waals surface area contributed by atoms with Crippen molar-refractivity contribution in [2.24, 2.45) is 5.14 Å². The first kappa shape index (κ1) is 19.5. The minimum atomic E-state index is -4.13. The molecule has 2 aromatic carbocycles. The second-order valence-electron chi connectivity index (χ2n) is 5.33. The lowest BCUT2D eigenvalue weighted by atomic mass is 10.1. The Bertz CT molecular complexity index is 940. The van der Waals surface area contributed by atoms with Crippen molar-refractivity contribution in [3.8, 4) is 5.75 Å². The van der Waals surface area contributed by atoms with Crippen LogP contribution in [0.1, 0.15) is 27.6 Å². The van der Waals surface area contributed by atoms with E-state index in [9.17, 15) is 22.4 Å². The molecule has 0 radical (unpaired) electrons. The average Bonchev–Trinajstić information content (AvgIpc) is 2.60. The van der Waals surface area contributed by atoms with Gasteiger partial charge in [0.15, 0.2) is 6.10 Å². The van der Waals surface area contributed by atoms with Gasteiger partial charge in [0.1, 0.15) is 16.5 Å². The van der Waals surface area contributed by atoms with Gasteiger partial charge in [0.2, 0.25) is 15.8 Å². The quantitative estimate of drug-likeness (QED) is 0.604. The summed E-state index contributed by atoms with van der Waals surface area (Å²) in [5.41, 5.74) is 0.0558. The van der Waals surface area contributed by atoms with Gasteiger partial charge in [0, 0.05) is 5.56 Å². The number of Topliss-reactive ketones (excluding diaryl/α,β-unsaturated/α-hetero) is 1. The molecular formula is C17H16FNO6S. The van der Waals surface area contributed by atoms with Crippen LogP contribution in [-0.4, -0.2) is 33.4 Å². The Hall–Kier alpha value is -2.78. The summed E-state index contributed by atoms with van der Waals surface area (Å²) in [7, 11) is -2.87. The number of hydrogen-bond donors (Lipinski definition) is 1. The monoisotopic (exact) mass is 381 g/mol. The van der Waals surface area contributed by atoms with Crippen molar-refractivity contribution in [2.45, 2.75) is 17.9 Å². The molecule has 0 saturated carbocycles. The molecule has 0 bridgehead atoms. The van der Waals surface area contributed by atoms with E-state index in [4.69, 9.17) is 14.6 Å². The molecule has 0 aromatic heterocycles. The molecule has 2 aromatic rings. The molecule has 0 saturated heterocycles. The average molecular weight is 381 g/mol. The zero-order chi connectivity index (χ0) is 19.5. The zero-order valence-electron chi connectivity index (χ0n) is 13.9.